The SMILES string of the molecule is Cl.NC(N)=N/N=C\c1ccc(C2CCNCC2)cc1. The lowest BCUT2D eigenvalue weighted by Crippen LogP contribution is -2.26. The van der Waals surface area contributed by atoms with Gasteiger partial charge in [0.15, 0.2) is 0 Å². The number of hydrogen-bond acceptors (Lipinski definition) is 3. The molecule has 5 N–H and O–H groups in total. The van der Waals surface area contributed by atoms with E-state index >= 15 is 0 Å². The Kier molecular flexibility index (Phi) is 6.32. The van der Waals surface area contributed by atoms with Crippen LogP contribution in [0.1, 0.15) is 29.9 Å². The number of halogens is 1. The van der Waals surface area contributed by atoms with Crippen LogP contribution in [0.5, 0.6) is 0 Å². The number of rotatable bonds is 3. The highest BCUT2D eigenvalue weighted by atomic mass is 35.5. The molecule has 1 heterocycles. The van der Waals surface area contributed by atoms with Crippen molar-refractivity contribution in [2.45, 2.75) is 18.8 Å². The molecule has 1 fully saturated rings. The summed E-state index contributed by atoms with van der Waals surface area (Å²) in [5.74, 6) is 0.646. The molecule has 5 nitrogen and oxygen atoms in total. The molecule has 0 atom stereocenters. The van der Waals surface area contributed by atoms with E-state index in [1.165, 1.54) is 18.4 Å². The van der Waals surface area contributed by atoms with Crippen LogP contribution < -0.4 is 16.8 Å². The highest BCUT2D eigenvalue weighted by Gasteiger charge is 2.14. The van der Waals surface area contributed by atoms with Crippen LogP contribution in [-0.4, -0.2) is 25.3 Å². The topological polar surface area (TPSA) is 88.8 Å². The zero-order valence-electron chi connectivity index (χ0n) is 10.7. The van der Waals surface area contributed by atoms with Crippen molar-refractivity contribution in [2.75, 3.05) is 13.1 Å². The van der Waals surface area contributed by atoms with E-state index in [4.69, 9.17) is 11.5 Å². The number of nitrogens with zero attached hydrogens (tertiary/aromatic N) is 2. The maximum absolute atomic E-state index is 5.19. The number of nitrogens with two attached hydrogens (primary N) is 2. The average Bonchev–Trinajstić information content (AvgIpc) is 2.40. The van der Waals surface area contributed by atoms with Gasteiger partial charge in [-0.2, -0.15) is 5.10 Å². The van der Waals surface area contributed by atoms with Crippen molar-refractivity contribution in [3.63, 3.8) is 0 Å². The van der Waals surface area contributed by atoms with Crippen molar-refractivity contribution in [1.82, 2.24) is 5.32 Å². The number of benzene rings is 1. The van der Waals surface area contributed by atoms with E-state index in [-0.39, 0.29) is 18.4 Å². The van der Waals surface area contributed by atoms with Gasteiger partial charge >= 0.3 is 0 Å². The summed E-state index contributed by atoms with van der Waals surface area (Å²) in [4.78, 5) is 0. The Labute approximate surface area is 119 Å². The molecule has 1 aliphatic rings. The maximum Gasteiger partial charge on any atom is 0.211 e. The number of guanidine groups is 1. The van der Waals surface area contributed by atoms with E-state index in [1.54, 1.807) is 6.21 Å². The van der Waals surface area contributed by atoms with E-state index < -0.39 is 0 Å². The summed E-state index contributed by atoms with van der Waals surface area (Å²) in [5.41, 5.74) is 12.8. The van der Waals surface area contributed by atoms with Gasteiger partial charge in [0.1, 0.15) is 0 Å². The summed E-state index contributed by atoms with van der Waals surface area (Å²) in [6.45, 7) is 2.22. The van der Waals surface area contributed by atoms with Gasteiger partial charge in [0, 0.05) is 0 Å². The molecule has 0 amide bonds. The van der Waals surface area contributed by atoms with Gasteiger partial charge in [-0.15, -0.1) is 17.5 Å². The molecule has 1 aromatic rings. The first-order valence-electron chi connectivity index (χ1n) is 6.18. The number of piperidine rings is 1. The van der Waals surface area contributed by atoms with Crippen LogP contribution in [0.4, 0.5) is 0 Å². The van der Waals surface area contributed by atoms with Gasteiger partial charge in [0.25, 0.3) is 0 Å². The van der Waals surface area contributed by atoms with Crippen molar-refractivity contribution >= 4 is 24.6 Å². The minimum Gasteiger partial charge on any atom is -0.369 e. The van der Waals surface area contributed by atoms with Gasteiger partial charge in [-0.25, -0.2) is 0 Å². The Balaban J connectivity index is 0.00000180. The number of nitrogens with one attached hydrogen (secondary N) is 1. The molecule has 0 radical (unpaired) electrons. The fraction of sp³-hybridized carbons (Fsp3) is 0.385. The lowest BCUT2D eigenvalue weighted by atomic mass is 9.90. The minimum atomic E-state index is -0.0300. The predicted molar refractivity (Wildman–Crippen MR) is 81.9 cm³/mol. The van der Waals surface area contributed by atoms with E-state index in [0.29, 0.717) is 5.92 Å². The van der Waals surface area contributed by atoms with Gasteiger partial charge in [-0.05, 0) is 43.0 Å². The Hall–Kier alpha value is -1.59. The fourth-order valence-electron chi connectivity index (χ4n) is 2.17. The van der Waals surface area contributed by atoms with Crippen LogP contribution >= 0.6 is 12.4 Å². The molecular weight excluding hydrogens is 262 g/mol. The van der Waals surface area contributed by atoms with E-state index in [9.17, 15) is 0 Å². The first-order chi connectivity index (χ1) is 8.75. The Morgan fingerprint density at radius 1 is 1.16 bits per heavy atom. The first-order valence-corrected chi connectivity index (χ1v) is 6.18. The predicted octanol–water partition coefficient (Wildman–Crippen LogP) is 1.18. The molecule has 104 valence electrons. The second-order valence-corrected chi connectivity index (χ2v) is 4.46. The third-order valence-electron chi connectivity index (χ3n) is 3.13. The Bertz CT molecular complexity index is 431. The Morgan fingerprint density at radius 2 is 1.79 bits per heavy atom. The molecule has 2 rings (SSSR count). The zero-order chi connectivity index (χ0) is 12.8. The van der Waals surface area contributed by atoms with Crippen molar-refractivity contribution in [3.8, 4) is 0 Å². The fourth-order valence-corrected chi connectivity index (χ4v) is 2.17. The summed E-state index contributed by atoms with van der Waals surface area (Å²) in [6.07, 6.45) is 4.06. The normalized spacial score (nSPS) is 16.0. The molecule has 1 aliphatic heterocycles. The lowest BCUT2D eigenvalue weighted by Gasteiger charge is -2.22. The monoisotopic (exact) mass is 281 g/mol. The van der Waals surface area contributed by atoms with Crippen molar-refractivity contribution in [3.05, 3.63) is 35.4 Å². The quantitative estimate of drug-likeness (QED) is 0.442. The van der Waals surface area contributed by atoms with Crippen molar-refractivity contribution < 1.29 is 0 Å². The van der Waals surface area contributed by atoms with Crippen LogP contribution in [0.25, 0.3) is 0 Å². The summed E-state index contributed by atoms with van der Waals surface area (Å²) < 4.78 is 0. The van der Waals surface area contributed by atoms with E-state index in [0.717, 1.165) is 18.7 Å². The van der Waals surface area contributed by atoms with Crippen LogP contribution in [0.3, 0.4) is 0 Å². The summed E-state index contributed by atoms with van der Waals surface area (Å²) >= 11 is 0. The molecule has 19 heavy (non-hydrogen) atoms. The lowest BCUT2D eigenvalue weighted by molar-refractivity contribution is 0.460. The molecule has 0 saturated carbocycles. The van der Waals surface area contributed by atoms with Crippen LogP contribution in [0.2, 0.25) is 0 Å². The summed E-state index contributed by atoms with van der Waals surface area (Å²) in [7, 11) is 0. The smallest absolute Gasteiger partial charge is 0.211 e. The standard InChI is InChI=1S/C13H19N5.ClH/c14-13(15)18-17-9-10-1-3-11(4-2-10)12-5-7-16-8-6-12;/h1-4,9,12,16H,5-8H2,(H4,14,15,18);1H/b17-9-;. The van der Waals surface area contributed by atoms with Crippen LogP contribution in [0.15, 0.2) is 34.5 Å². The second kappa shape index (κ2) is 7.76. The summed E-state index contributed by atoms with van der Waals surface area (Å²) in [5, 5.41) is 10.7. The molecule has 1 saturated heterocycles. The first kappa shape index (κ1) is 15.5. The third-order valence-corrected chi connectivity index (χ3v) is 3.13. The highest BCUT2D eigenvalue weighted by Crippen LogP contribution is 2.24. The van der Waals surface area contributed by atoms with Gasteiger partial charge in [-0.3, -0.25) is 0 Å². The second-order valence-electron chi connectivity index (χ2n) is 4.46. The Morgan fingerprint density at radius 3 is 2.37 bits per heavy atom. The third kappa shape index (κ3) is 4.89. The van der Waals surface area contributed by atoms with Crippen molar-refractivity contribution in [2.24, 2.45) is 21.7 Å². The van der Waals surface area contributed by atoms with Gasteiger partial charge in [-0.1, -0.05) is 24.3 Å². The van der Waals surface area contributed by atoms with E-state index in [1.807, 2.05) is 12.1 Å². The molecule has 0 spiro atoms. The minimum absolute atomic E-state index is 0. The van der Waals surface area contributed by atoms with Gasteiger partial charge < -0.3 is 16.8 Å². The molecule has 0 aliphatic carbocycles. The van der Waals surface area contributed by atoms with Crippen molar-refractivity contribution in [1.29, 1.82) is 0 Å². The van der Waals surface area contributed by atoms with Crippen LogP contribution in [-0.2, 0) is 0 Å². The molecule has 0 bridgehead atoms. The number of hydrogen-bond donors (Lipinski definition) is 3. The molecule has 0 unspecified atom stereocenters. The average molecular weight is 282 g/mol. The molecule has 1 aromatic carbocycles. The molecule has 6 heteroatoms. The molecular formula is C13H20ClN5. The molecule has 0 aromatic heterocycles. The summed E-state index contributed by atoms with van der Waals surface area (Å²) in [6, 6.07) is 8.41. The maximum atomic E-state index is 5.19. The van der Waals surface area contributed by atoms with Gasteiger partial charge in [0.05, 0.1) is 6.21 Å². The van der Waals surface area contributed by atoms with E-state index in [2.05, 4.69) is 27.7 Å². The van der Waals surface area contributed by atoms with Crippen LogP contribution in [0, 0.1) is 0 Å². The highest BCUT2D eigenvalue weighted by molar-refractivity contribution is 5.85. The zero-order valence-corrected chi connectivity index (χ0v) is 11.6. The van der Waals surface area contributed by atoms with Gasteiger partial charge in [0.2, 0.25) is 5.96 Å². The largest absolute Gasteiger partial charge is 0.369 e.